The van der Waals surface area contributed by atoms with E-state index < -0.39 is 50.3 Å². The van der Waals surface area contributed by atoms with Crippen molar-refractivity contribution in [2.24, 2.45) is 0 Å². The molecule has 2 heterocycles. The summed E-state index contributed by atoms with van der Waals surface area (Å²) in [6.45, 7) is 0. The van der Waals surface area contributed by atoms with Crippen LogP contribution in [0.5, 0.6) is 0 Å². The summed E-state index contributed by atoms with van der Waals surface area (Å²) in [5.74, 6) is -0.211. The predicted octanol–water partition coefficient (Wildman–Crippen LogP) is -0.529. The molecule has 0 bridgehead atoms. The summed E-state index contributed by atoms with van der Waals surface area (Å²) in [6.07, 6.45) is 0. The molecule has 0 radical (unpaired) electrons. The average Bonchev–Trinajstić information content (AvgIpc) is 3.15. The van der Waals surface area contributed by atoms with Gasteiger partial charge in [0.15, 0.2) is 0 Å². The van der Waals surface area contributed by atoms with Gasteiger partial charge in [0.2, 0.25) is 11.9 Å². The van der Waals surface area contributed by atoms with Gasteiger partial charge in [0, 0.05) is 34.4 Å². The van der Waals surface area contributed by atoms with E-state index in [1.165, 1.54) is 97.1 Å². The molecule has 0 saturated carbocycles. The van der Waals surface area contributed by atoms with Gasteiger partial charge in [-0.05, 0) is 24.3 Å². The quantitative estimate of drug-likeness (QED) is 0.0225. The van der Waals surface area contributed by atoms with Gasteiger partial charge in [-0.1, -0.05) is 97.2 Å². The van der Waals surface area contributed by atoms with Crippen molar-refractivity contribution in [3.63, 3.8) is 0 Å². The fraction of sp³-hybridized carbons (Fsp3) is 0. The van der Waals surface area contributed by atoms with Crippen LogP contribution in [0, 0.1) is 9.28 Å². The molecule has 0 fully saturated rings. The Hall–Kier alpha value is -2.58. The Morgan fingerprint density at radius 1 is 0.500 bits per heavy atom. The second kappa shape index (κ2) is 21.7. The molecule has 304 valence electrons. The topological polar surface area (TPSA) is 283 Å². The first-order valence-electron chi connectivity index (χ1n) is 15.4. The molecule has 28 heteroatoms. The van der Waals surface area contributed by atoms with E-state index >= 15 is 0 Å². The van der Waals surface area contributed by atoms with Crippen LogP contribution >= 0.6 is 49.7 Å². The molecule has 60 heavy (non-hydrogen) atoms. The molecular weight excluding hydrogens is 963 g/mol. The van der Waals surface area contributed by atoms with E-state index in [0.717, 1.165) is 12.1 Å². The minimum Gasteiger partial charge on any atom is -0.744 e. The Morgan fingerprint density at radius 3 is 1.05 bits per heavy atom. The van der Waals surface area contributed by atoms with E-state index in [4.69, 9.17) is 33.0 Å². The smallest absolute Gasteiger partial charge is 0.744 e. The van der Waals surface area contributed by atoms with Gasteiger partial charge in [0.25, 0.3) is 0 Å². The maximum atomic E-state index is 12.7. The molecule has 0 aliphatic carbocycles. The van der Waals surface area contributed by atoms with E-state index in [2.05, 4.69) is 56.2 Å². The van der Waals surface area contributed by atoms with Gasteiger partial charge in [-0.3, -0.25) is 0 Å². The van der Waals surface area contributed by atoms with Crippen LogP contribution in [0.4, 0.5) is 11.9 Å². The van der Waals surface area contributed by atoms with Gasteiger partial charge in [-0.15, -0.1) is 33.8 Å². The largest absolute Gasteiger partial charge is 1.00 e. The van der Waals surface area contributed by atoms with E-state index in [0.29, 0.717) is 0 Å². The van der Waals surface area contributed by atoms with Gasteiger partial charge in [0.1, 0.15) is 39.3 Å². The zero-order valence-electron chi connectivity index (χ0n) is 30.5. The maximum absolute atomic E-state index is 12.7. The number of benzene rings is 4. The van der Waals surface area contributed by atoms with Crippen LogP contribution in [-0.4, -0.2) is 62.7 Å². The second-order valence-electron chi connectivity index (χ2n) is 11.1. The summed E-state index contributed by atoms with van der Waals surface area (Å²) in [7, 11) is -18.6. The molecule has 6 rings (SSSR count). The Balaban J connectivity index is 0.000000310. The molecular formula is C32H24N6Na2O12S8. The zero-order chi connectivity index (χ0) is 42.5. The van der Waals surface area contributed by atoms with Crippen molar-refractivity contribution in [2.75, 3.05) is 11.0 Å². The van der Waals surface area contributed by atoms with Crippen LogP contribution in [0.15, 0.2) is 139 Å². The molecule has 0 unspecified atom stereocenters. The summed E-state index contributed by atoms with van der Waals surface area (Å²) in [5, 5.41) is 0.458. The summed E-state index contributed by atoms with van der Waals surface area (Å²) in [5.41, 5.74) is 4.10. The number of thiol groups is 2. The number of H-pyrrole nitrogens is 2. The number of anilines is 2. The third kappa shape index (κ3) is 13.7. The first kappa shape index (κ1) is 51.8. The van der Waals surface area contributed by atoms with Gasteiger partial charge in [-0.25, -0.2) is 37.8 Å². The van der Waals surface area contributed by atoms with Crippen molar-refractivity contribution in [3.8, 4) is 22.3 Å². The number of rotatable bonds is 12. The number of hydrogen-bond acceptors (Lipinski definition) is 20. The number of aromatic nitrogens is 4. The Kier molecular flexibility index (Phi) is 18.7. The number of nitrogens with zero attached hydrogens (tertiary/aromatic N) is 2. The third-order valence-electron chi connectivity index (χ3n) is 7.16. The normalized spacial score (nSPS) is 11.5. The van der Waals surface area contributed by atoms with Crippen LogP contribution < -0.4 is 70.1 Å². The molecule has 4 N–H and O–H groups in total. The SMILES string of the molecule is O=S(=O)([O-])c1ccccc1-c1ccccc1S(=O)(=O)ONc1nc(S)cc(=S)[nH]1.O=S(=O)([O-])c1ccccc1-c1ccccc1S(=O)(=O)ONc1nc(S)cc(=S)[nH]1.[Na+].[Na+]. The monoisotopic (exact) mass is 986 g/mol. The van der Waals surface area contributed by atoms with Crippen molar-refractivity contribution in [1.29, 1.82) is 0 Å². The molecule has 0 amide bonds. The number of nitrogens with one attached hydrogen (secondary N) is 4. The van der Waals surface area contributed by atoms with Gasteiger partial charge in [-0.2, -0.15) is 16.8 Å². The van der Waals surface area contributed by atoms with Gasteiger partial charge >= 0.3 is 79.4 Å². The Labute approximate surface area is 409 Å². The average molecular weight is 987 g/mol. The van der Waals surface area contributed by atoms with E-state index in [-0.39, 0.29) is 122 Å². The van der Waals surface area contributed by atoms with Crippen molar-refractivity contribution in [3.05, 3.63) is 118 Å². The van der Waals surface area contributed by atoms with Crippen LogP contribution in [0.2, 0.25) is 0 Å². The fourth-order valence-electron chi connectivity index (χ4n) is 4.89. The first-order valence-corrected chi connectivity index (χ1v) is 22.8. The molecule has 0 aliphatic heterocycles. The number of aromatic amines is 2. The molecule has 6 aromatic rings. The molecule has 0 aliphatic rings. The third-order valence-corrected chi connectivity index (χ3v) is 12.2. The van der Waals surface area contributed by atoms with Crippen molar-refractivity contribution in [1.82, 2.24) is 19.9 Å². The summed E-state index contributed by atoms with van der Waals surface area (Å²) in [6, 6.07) is 24.4. The second-order valence-corrected chi connectivity index (χ2v) is 18.6. The van der Waals surface area contributed by atoms with Crippen LogP contribution in [0.25, 0.3) is 22.3 Å². The fourth-order valence-corrected chi connectivity index (χ4v) is 9.27. The number of hydrogen-bond donors (Lipinski definition) is 6. The minimum absolute atomic E-state index is 0. The molecule has 0 atom stereocenters. The zero-order valence-corrected chi connectivity index (χ0v) is 41.2. The van der Waals surface area contributed by atoms with Crippen molar-refractivity contribution >= 4 is 102 Å². The predicted molar refractivity (Wildman–Crippen MR) is 217 cm³/mol. The maximum Gasteiger partial charge on any atom is 1.00 e. The molecule has 0 saturated heterocycles. The molecule has 18 nitrogen and oxygen atoms in total. The summed E-state index contributed by atoms with van der Waals surface area (Å²) >= 11 is 18.0. The van der Waals surface area contributed by atoms with E-state index in [1.807, 2.05) is 0 Å². The van der Waals surface area contributed by atoms with Crippen LogP contribution in [0.3, 0.4) is 0 Å². The van der Waals surface area contributed by atoms with E-state index in [9.17, 15) is 42.8 Å². The van der Waals surface area contributed by atoms with Crippen molar-refractivity contribution in [2.45, 2.75) is 29.6 Å². The van der Waals surface area contributed by atoms with Crippen LogP contribution in [-0.2, 0) is 49.0 Å². The summed E-state index contributed by atoms with van der Waals surface area (Å²) < 4.78 is 131. The van der Waals surface area contributed by atoms with E-state index in [1.54, 1.807) is 0 Å². The standard InChI is InChI=1S/2C16H13N3O6S4.2Na/c2*20-28(21,22)12-7-3-1-5-10(12)11-6-2-4-8-13(11)29(23,24)25-19-16-17-14(26)9-15(27)18-16;;/h2*1-9H,(H,20,21,22)(H3,17,18,19,26,27);;/q;;2*+1/p-2. The summed E-state index contributed by atoms with van der Waals surface area (Å²) in [4.78, 5) is 11.1. The minimum atomic E-state index is -4.85. The van der Waals surface area contributed by atoms with Crippen LogP contribution in [0.1, 0.15) is 0 Å². The van der Waals surface area contributed by atoms with Gasteiger partial charge in [0.05, 0.1) is 19.8 Å². The molecule has 0 spiro atoms. The van der Waals surface area contributed by atoms with Crippen molar-refractivity contribution < 1.29 is 110 Å². The molecule has 4 aromatic carbocycles. The Morgan fingerprint density at radius 2 is 0.767 bits per heavy atom. The first-order chi connectivity index (χ1) is 27.2. The van der Waals surface area contributed by atoms with Gasteiger partial charge < -0.3 is 19.1 Å². The Bertz CT molecular complexity index is 2890. The molecule has 2 aromatic heterocycles.